The van der Waals surface area contributed by atoms with Crippen molar-refractivity contribution in [1.82, 2.24) is 19.7 Å². The van der Waals surface area contributed by atoms with Crippen LogP contribution < -0.4 is 0 Å². The lowest BCUT2D eigenvalue weighted by Gasteiger charge is -2.57. The van der Waals surface area contributed by atoms with Crippen molar-refractivity contribution in [2.45, 2.75) is 57.4 Å². The second-order valence-electron chi connectivity index (χ2n) is 8.62. The zero-order valence-corrected chi connectivity index (χ0v) is 13.7. The van der Waals surface area contributed by atoms with Crippen molar-refractivity contribution in [3.8, 4) is 0 Å². The Morgan fingerprint density at radius 2 is 1.78 bits per heavy atom. The van der Waals surface area contributed by atoms with Gasteiger partial charge in [0.05, 0.1) is 11.5 Å². The van der Waals surface area contributed by atoms with Crippen molar-refractivity contribution >= 4 is 5.91 Å². The number of nitrogens with zero attached hydrogens (tertiary/aromatic N) is 4. The Hall–Kier alpha value is -1.39. The summed E-state index contributed by atoms with van der Waals surface area (Å²) in [7, 11) is 0. The van der Waals surface area contributed by atoms with Crippen LogP contribution in [0, 0.1) is 23.2 Å². The van der Waals surface area contributed by atoms with Crippen LogP contribution in [0.3, 0.4) is 0 Å². The summed E-state index contributed by atoms with van der Waals surface area (Å²) in [5, 5.41) is 4.29. The van der Waals surface area contributed by atoms with Crippen molar-refractivity contribution in [3.05, 3.63) is 12.7 Å². The largest absolute Gasteiger partial charge is 0.340 e. The average Bonchev–Trinajstić information content (AvgIpc) is 3.07. The maximum atomic E-state index is 13.4. The van der Waals surface area contributed by atoms with Gasteiger partial charge in [-0.05, 0) is 69.1 Å². The van der Waals surface area contributed by atoms with Crippen LogP contribution in [0.1, 0.15) is 57.4 Å². The standard InChI is InChI=1S/C18H26N4O/c23-17(18-7-13-4-14(8-18)6-15(5-13)9-18)21-3-1-2-16(10-21)22-12-19-11-20-22/h11-16H,1-10H2/t13?,14?,15?,16-,18?/m0/s1. The van der Waals surface area contributed by atoms with Crippen LogP contribution in [0.5, 0.6) is 0 Å². The van der Waals surface area contributed by atoms with Gasteiger partial charge in [-0.2, -0.15) is 5.10 Å². The van der Waals surface area contributed by atoms with Crippen molar-refractivity contribution in [3.63, 3.8) is 0 Å². The van der Waals surface area contributed by atoms with E-state index in [1.54, 1.807) is 12.7 Å². The first-order valence-electron chi connectivity index (χ1n) is 9.35. The van der Waals surface area contributed by atoms with Crippen LogP contribution in [-0.4, -0.2) is 38.7 Å². The van der Waals surface area contributed by atoms with Crippen LogP contribution in [-0.2, 0) is 4.79 Å². The molecule has 23 heavy (non-hydrogen) atoms. The Bertz CT molecular complexity index is 561. The van der Waals surface area contributed by atoms with Gasteiger partial charge < -0.3 is 4.90 Å². The van der Waals surface area contributed by atoms with Gasteiger partial charge in [0.15, 0.2) is 0 Å². The van der Waals surface area contributed by atoms with Crippen molar-refractivity contribution < 1.29 is 4.79 Å². The Balaban J connectivity index is 1.36. The smallest absolute Gasteiger partial charge is 0.228 e. The summed E-state index contributed by atoms with van der Waals surface area (Å²) in [6.45, 7) is 1.76. The molecule has 1 aromatic rings. The second-order valence-corrected chi connectivity index (χ2v) is 8.62. The molecule has 6 rings (SSSR count). The quantitative estimate of drug-likeness (QED) is 0.843. The molecule has 1 atom stereocenters. The summed E-state index contributed by atoms with van der Waals surface area (Å²) >= 11 is 0. The van der Waals surface area contributed by atoms with E-state index in [-0.39, 0.29) is 5.41 Å². The van der Waals surface area contributed by atoms with Gasteiger partial charge in [-0.1, -0.05) is 0 Å². The van der Waals surface area contributed by atoms with Gasteiger partial charge in [0.2, 0.25) is 5.91 Å². The maximum absolute atomic E-state index is 13.4. The molecule has 5 nitrogen and oxygen atoms in total. The van der Waals surface area contributed by atoms with E-state index in [1.165, 1.54) is 38.5 Å². The predicted octanol–water partition coefficient (Wildman–Crippen LogP) is 2.66. The third kappa shape index (κ3) is 2.23. The van der Waals surface area contributed by atoms with E-state index in [4.69, 9.17) is 0 Å². The first kappa shape index (κ1) is 14.0. The van der Waals surface area contributed by atoms with Gasteiger partial charge in [-0.25, -0.2) is 9.67 Å². The zero-order chi connectivity index (χ0) is 15.4. The molecule has 0 aromatic carbocycles. The molecule has 4 aliphatic carbocycles. The van der Waals surface area contributed by atoms with Crippen LogP contribution in [0.2, 0.25) is 0 Å². The summed E-state index contributed by atoms with van der Waals surface area (Å²) in [6, 6.07) is 0.309. The molecule has 0 unspecified atom stereocenters. The van der Waals surface area contributed by atoms with E-state index >= 15 is 0 Å². The lowest BCUT2D eigenvalue weighted by Crippen LogP contribution is -2.56. The van der Waals surface area contributed by atoms with Gasteiger partial charge in [0.1, 0.15) is 12.7 Å². The Labute approximate surface area is 137 Å². The number of amides is 1. The highest BCUT2D eigenvalue weighted by Crippen LogP contribution is 2.60. The van der Waals surface area contributed by atoms with E-state index < -0.39 is 0 Å². The topological polar surface area (TPSA) is 51.0 Å². The number of carbonyl (C=O) groups is 1. The third-order valence-electron chi connectivity index (χ3n) is 6.99. The molecule has 0 radical (unpaired) electrons. The fourth-order valence-electron chi connectivity index (χ4n) is 6.47. The number of hydrogen-bond donors (Lipinski definition) is 0. The van der Waals surface area contributed by atoms with Crippen LogP contribution in [0.15, 0.2) is 12.7 Å². The normalized spacial score (nSPS) is 42.2. The monoisotopic (exact) mass is 314 g/mol. The fourth-order valence-corrected chi connectivity index (χ4v) is 6.47. The Kier molecular flexibility index (Phi) is 3.07. The number of rotatable bonds is 2. The fraction of sp³-hybridized carbons (Fsp3) is 0.833. The molecule has 124 valence electrons. The first-order chi connectivity index (χ1) is 11.2. The molecule has 2 heterocycles. The molecule has 5 fully saturated rings. The van der Waals surface area contributed by atoms with E-state index in [0.717, 1.165) is 43.7 Å². The number of likely N-dealkylation sites (tertiary alicyclic amines) is 1. The lowest BCUT2D eigenvalue weighted by atomic mass is 9.49. The van der Waals surface area contributed by atoms with Gasteiger partial charge in [-0.3, -0.25) is 4.79 Å². The van der Waals surface area contributed by atoms with E-state index in [2.05, 4.69) is 15.0 Å². The van der Waals surface area contributed by atoms with E-state index in [9.17, 15) is 4.79 Å². The number of carbonyl (C=O) groups excluding carboxylic acids is 1. The summed E-state index contributed by atoms with van der Waals surface area (Å²) in [6.07, 6.45) is 13.3. The number of hydrogen-bond acceptors (Lipinski definition) is 3. The van der Waals surface area contributed by atoms with Crippen molar-refractivity contribution in [2.24, 2.45) is 23.2 Å². The first-order valence-corrected chi connectivity index (χ1v) is 9.35. The van der Waals surface area contributed by atoms with Crippen LogP contribution in [0.4, 0.5) is 0 Å². The van der Waals surface area contributed by atoms with Gasteiger partial charge in [0.25, 0.3) is 0 Å². The van der Waals surface area contributed by atoms with Crippen molar-refractivity contribution in [1.29, 1.82) is 0 Å². The second kappa shape index (κ2) is 5.05. The predicted molar refractivity (Wildman–Crippen MR) is 85.5 cm³/mol. The molecule has 0 spiro atoms. The lowest BCUT2D eigenvalue weighted by molar-refractivity contribution is -0.159. The minimum absolute atomic E-state index is 0.000986. The highest BCUT2D eigenvalue weighted by Gasteiger charge is 2.55. The molecular formula is C18H26N4O. The summed E-state index contributed by atoms with van der Waals surface area (Å²) < 4.78 is 1.94. The molecular weight excluding hydrogens is 288 g/mol. The summed E-state index contributed by atoms with van der Waals surface area (Å²) in [5.74, 6) is 2.98. The highest BCUT2D eigenvalue weighted by atomic mass is 16.2. The van der Waals surface area contributed by atoms with Gasteiger partial charge >= 0.3 is 0 Å². The minimum atomic E-state index is -0.000986. The SMILES string of the molecule is O=C(N1CCC[C@H](n2cncn2)C1)C12CC3CC(CC(C3)C1)C2. The van der Waals surface area contributed by atoms with E-state index in [0.29, 0.717) is 11.9 Å². The third-order valence-corrected chi connectivity index (χ3v) is 6.99. The van der Waals surface area contributed by atoms with E-state index in [1.807, 2.05) is 4.68 Å². The average molecular weight is 314 g/mol. The van der Waals surface area contributed by atoms with Crippen LogP contribution >= 0.6 is 0 Å². The Morgan fingerprint density at radius 1 is 1.09 bits per heavy atom. The molecule has 4 saturated carbocycles. The summed E-state index contributed by atoms with van der Waals surface area (Å²) in [5.41, 5.74) is -0.000986. The number of aromatic nitrogens is 3. The minimum Gasteiger partial charge on any atom is -0.340 e. The molecule has 1 aliphatic heterocycles. The number of piperidine rings is 1. The maximum Gasteiger partial charge on any atom is 0.228 e. The van der Waals surface area contributed by atoms with Crippen LogP contribution in [0.25, 0.3) is 0 Å². The molecule has 1 amide bonds. The molecule has 4 bridgehead atoms. The Morgan fingerprint density at radius 3 is 2.39 bits per heavy atom. The van der Waals surface area contributed by atoms with Crippen molar-refractivity contribution in [2.75, 3.05) is 13.1 Å². The summed E-state index contributed by atoms with van der Waals surface area (Å²) in [4.78, 5) is 19.7. The molecule has 1 aromatic heterocycles. The van der Waals surface area contributed by atoms with Gasteiger partial charge in [-0.15, -0.1) is 0 Å². The molecule has 0 N–H and O–H groups in total. The highest BCUT2D eigenvalue weighted by molar-refractivity contribution is 5.83. The van der Waals surface area contributed by atoms with Gasteiger partial charge in [0, 0.05) is 13.1 Å². The zero-order valence-electron chi connectivity index (χ0n) is 13.7. The molecule has 1 saturated heterocycles. The molecule has 5 heteroatoms. The molecule has 5 aliphatic rings.